The quantitative estimate of drug-likeness (QED) is 0.212. The minimum Gasteiger partial charge on any atom is -2.00 e. The fourth-order valence-corrected chi connectivity index (χ4v) is 0. The molecule has 0 aliphatic heterocycles. The molecule has 0 bridgehead atoms. The van der Waals surface area contributed by atoms with Crippen LogP contribution in [0.1, 0.15) is 0 Å². The van der Waals surface area contributed by atoms with E-state index in [1.807, 2.05) is 0 Å². The Balaban J connectivity index is 0. The molecule has 0 aromatic rings. The molecule has 0 rings (SSSR count). The third kappa shape index (κ3) is 50.8. The Morgan fingerprint density at radius 2 is 0.333 bits per heavy atom. The van der Waals surface area contributed by atoms with Gasteiger partial charge in [-0.3, -0.25) is 0 Å². The SMILES string of the molecule is [Pb+2].[Pb+2].[Pb+2].[Pb+2].[Pb+2].[SbH6-3].[SbH6-3].[Se-2].[Se-2]. The molecule has 9 heavy (non-hydrogen) atoms. The summed E-state index contributed by atoms with van der Waals surface area (Å²) in [5.74, 6) is 0. The van der Waals surface area contributed by atoms with Crippen LogP contribution in [0.4, 0.5) is 0 Å². The second-order valence-corrected chi connectivity index (χ2v) is 0. The predicted octanol–water partition coefficient (Wildman–Crippen LogP) is -6.64. The zero-order valence-corrected chi connectivity index (χ0v) is 26.2. The molecule has 9 heteroatoms. The largest absolute Gasteiger partial charge is 2.00 e. The minimum atomic E-state index is 0. The van der Waals surface area contributed by atoms with Crippen molar-refractivity contribution in [2.45, 2.75) is 0 Å². The van der Waals surface area contributed by atoms with Crippen LogP contribution < -0.4 is 0 Å². The molecule has 0 aromatic heterocycles. The van der Waals surface area contributed by atoms with Crippen molar-refractivity contribution >= 4 is 219 Å². The summed E-state index contributed by atoms with van der Waals surface area (Å²) in [5, 5.41) is 0. The second kappa shape index (κ2) is 58.8. The summed E-state index contributed by atoms with van der Waals surface area (Å²) in [7, 11) is 0. The Kier molecular flexibility index (Phi) is 468. The molecule has 0 saturated carbocycles. The molecule has 0 atom stereocenters. The number of hydrogen-bond acceptors (Lipinski definition) is 0. The van der Waals surface area contributed by atoms with Crippen molar-refractivity contribution in [3.8, 4) is 0 Å². The van der Waals surface area contributed by atoms with Crippen molar-refractivity contribution in [2.24, 2.45) is 0 Å². The molecule has 0 saturated heterocycles. The predicted molar refractivity (Wildman–Crippen MR) is 68.5 cm³/mol. The van der Waals surface area contributed by atoms with Crippen molar-refractivity contribution in [3.05, 3.63) is 0 Å². The van der Waals surface area contributed by atoms with Gasteiger partial charge in [0.2, 0.25) is 0 Å². The summed E-state index contributed by atoms with van der Waals surface area (Å²) >= 11 is 0. The van der Waals surface area contributed by atoms with E-state index < -0.39 is 0 Å². The zero-order chi connectivity index (χ0) is 0. The van der Waals surface area contributed by atoms with Crippen LogP contribution in [-0.4, -0.2) is 219 Å². The maximum absolute atomic E-state index is 0. The van der Waals surface area contributed by atoms with Gasteiger partial charge in [-0.15, -0.1) is 0 Å². The van der Waals surface area contributed by atoms with Crippen LogP contribution in [0.5, 0.6) is 0 Å². The summed E-state index contributed by atoms with van der Waals surface area (Å²) in [6.07, 6.45) is 0. The van der Waals surface area contributed by atoms with E-state index in [1.54, 1.807) is 0 Å². The second-order valence-electron chi connectivity index (χ2n) is 0. The summed E-state index contributed by atoms with van der Waals surface area (Å²) in [5.41, 5.74) is 0. The van der Waals surface area contributed by atoms with Crippen molar-refractivity contribution in [3.63, 3.8) is 0 Å². The summed E-state index contributed by atoms with van der Waals surface area (Å²) in [4.78, 5) is 0. The van der Waals surface area contributed by atoms with Gasteiger partial charge < -0.3 is 34.1 Å². The summed E-state index contributed by atoms with van der Waals surface area (Å²) in [6, 6.07) is 0. The van der Waals surface area contributed by atoms with Crippen LogP contribution in [0.15, 0.2) is 0 Å². The van der Waals surface area contributed by atoms with E-state index in [1.165, 1.54) is 0 Å². The fraction of sp³-hybridized carbons (Fsp3) is 0. The molecule has 0 unspecified atom stereocenters. The van der Waals surface area contributed by atoms with Gasteiger partial charge in [0.15, 0.2) is 0 Å². The van der Waals surface area contributed by atoms with Crippen molar-refractivity contribution in [2.75, 3.05) is 0 Å². The maximum Gasteiger partial charge on any atom is -2.00 e. The van der Waals surface area contributed by atoms with Crippen molar-refractivity contribution in [1.82, 2.24) is 0 Å². The first kappa shape index (κ1) is 71.7. The molecule has 0 aliphatic rings. The third-order valence-corrected chi connectivity index (χ3v) is 0. The van der Waals surface area contributed by atoms with Gasteiger partial charge in [0.1, 0.15) is 0 Å². The van der Waals surface area contributed by atoms with Crippen LogP contribution >= 0.6 is 0 Å². The third-order valence-electron chi connectivity index (χ3n) is 0. The molecule has 0 amide bonds. The Hall–Kier alpha value is 7.29. The molecule has 54 valence electrons. The van der Waals surface area contributed by atoms with E-state index in [9.17, 15) is 0 Å². The van der Waals surface area contributed by atoms with E-state index in [-0.39, 0.29) is 219 Å². The molecular weight excluding hydrogens is 1440 g/mol. The van der Waals surface area contributed by atoms with Crippen LogP contribution in [0.2, 0.25) is 0 Å². The Morgan fingerprint density at radius 3 is 0.333 bits per heavy atom. The zero-order valence-electron chi connectivity index (χ0n) is 3.32. The standard InChI is InChI=1S/5Pb.2Sb.2Se.12H/q5*+2;2*-3;2*-2;;;;;;;;;;;;. The molecule has 0 nitrogen and oxygen atoms in total. The first-order chi connectivity index (χ1) is 0. The minimum absolute atomic E-state index is 0. The molecule has 0 aliphatic carbocycles. The van der Waals surface area contributed by atoms with E-state index in [0.717, 1.165) is 0 Å². The van der Waals surface area contributed by atoms with Gasteiger partial charge in [-0.2, -0.15) is 0 Å². The van der Waals surface area contributed by atoms with Gasteiger partial charge in [-0.25, -0.2) is 0 Å². The molecule has 0 N–H and O–H groups in total. The van der Waals surface area contributed by atoms with Gasteiger partial charge in [-0.05, 0) is 0 Å². The molecular formula is H12Pb5Sb2Se2. The first-order valence-corrected chi connectivity index (χ1v) is 0. The first-order valence-electron chi connectivity index (χ1n) is 0. The number of hydrogen-bond donors (Lipinski definition) is 0. The van der Waals surface area contributed by atoms with Crippen LogP contribution in [0, 0.1) is 0 Å². The fourth-order valence-electron chi connectivity index (χ4n) is 0. The Morgan fingerprint density at radius 1 is 0.333 bits per heavy atom. The van der Waals surface area contributed by atoms with Crippen molar-refractivity contribution in [1.29, 1.82) is 0 Å². The molecule has 0 heterocycles. The van der Waals surface area contributed by atoms with Gasteiger partial charge in [0.05, 0.1) is 0 Å². The monoisotopic (exact) mass is 1450 g/mol. The average Bonchev–Trinajstić information content (AvgIpc) is 0. The van der Waals surface area contributed by atoms with Gasteiger partial charge in [0, 0.05) is 0 Å². The number of rotatable bonds is 0. The van der Waals surface area contributed by atoms with E-state index >= 15 is 0 Å². The maximum atomic E-state index is 0. The van der Waals surface area contributed by atoms with Gasteiger partial charge >= 0.3 is 185 Å². The molecule has 0 spiro atoms. The van der Waals surface area contributed by atoms with E-state index in [2.05, 4.69) is 0 Å². The molecule has 0 aromatic carbocycles. The average molecular weight is 1450 g/mol. The molecule has 10 radical (unpaired) electrons. The van der Waals surface area contributed by atoms with Crippen LogP contribution in [0.25, 0.3) is 0 Å². The Bertz CT molecular complexity index is 12.9. The topological polar surface area (TPSA) is 0 Å². The smallest absolute Gasteiger partial charge is 2.00 e. The van der Waals surface area contributed by atoms with Crippen LogP contribution in [0.3, 0.4) is 0 Å². The van der Waals surface area contributed by atoms with E-state index in [4.69, 9.17) is 0 Å². The van der Waals surface area contributed by atoms with Gasteiger partial charge in [0.25, 0.3) is 0 Å². The van der Waals surface area contributed by atoms with E-state index in [0.29, 0.717) is 0 Å². The van der Waals surface area contributed by atoms with Crippen molar-refractivity contribution < 1.29 is 0 Å². The van der Waals surface area contributed by atoms with Gasteiger partial charge in [-0.1, -0.05) is 0 Å². The Labute approximate surface area is 213 Å². The summed E-state index contributed by atoms with van der Waals surface area (Å²) < 4.78 is 0. The molecule has 0 fully saturated rings. The normalized spacial score (nSPS) is 0. The summed E-state index contributed by atoms with van der Waals surface area (Å²) in [6.45, 7) is 0. The van der Waals surface area contributed by atoms with Crippen LogP contribution in [-0.2, 0) is 0 Å².